The molecule has 168 valence electrons. The molecule has 1 heterocycles. The average Bonchev–Trinajstić information content (AvgIpc) is 2.73. The summed E-state index contributed by atoms with van der Waals surface area (Å²) in [5, 5.41) is 2.67. The summed E-state index contributed by atoms with van der Waals surface area (Å²) in [5.74, 6) is -2.44. The molecule has 1 N–H and O–H groups in total. The highest BCUT2D eigenvalue weighted by Gasteiger charge is 2.32. The van der Waals surface area contributed by atoms with Crippen molar-refractivity contribution in [1.82, 2.24) is 4.31 Å². The average molecular weight is 477 g/mol. The van der Waals surface area contributed by atoms with Gasteiger partial charge in [0.2, 0.25) is 15.9 Å². The van der Waals surface area contributed by atoms with E-state index in [4.69, 9.17) is 0 Å². The zero-order chi connectivity index (χ0) is 22.6. The second kappa shape index (κ2) is 9.58. The first-order chi connectivity index (χ1) is 14.6. The van der Waals surface area contributed by atoms with Gasteiger partial charge in [0.05, 0.1) is 16.3 Å². The normalized spacial score (nSPS) is 16.3. The Morgan fingerprint density at radius 2 is 1.68 bits per heavy atom. The Bertz CT molecular complexity index is 1020. The SMILES string of the molecule is O=C(Nc1ccccc1SCC(F)(F)F)C1CCN(S(=O)(=O)c2ccc(F)cc2)CC1. The van der Waals surface area contributed by atoms with Gasteiger partial charge in [0.25, 0.3) is 0 Å². The van der Waals surface area contributed by atoms with Crippen molar-refractivity contribution in [1.29, 1.82) is 0 Å². The van der Waals surface area contributed by atoms with Crippen molar-refractivity contribution >= 4 is 33.4 Å². The van der Waals surface area contributed by atoms with Gasteiger partial charge < -0.3 is 5.32 Å². The lowest BCUT2D eigenvalue weighted by molar-refractivity contribution is -0.121. The highest BCUT2D eigenvalue weighted by atomic mass is 32.2. The molecule has 1 fully saturated rings. The number of nitrogens with one attached hydrogen (secondary N) is 1. The van der Waals surface area contributed by atoms with Crippen LogP contribution >= 0.6 is 11.8 Å². The largest absolute Gasteiger partial charge is 0.398 e. The molecule has 2 aromatic carbocycles. The highest BCUT2D eigenvalue weighted by molar-refractivity contribution is 7.99. The van der Waals surface area contributed by atoms with Crippen LogP contribution in [0.4, 0.5) is 23.2 Å². The summed E-state index contributed by atoms with van der Waals surface area (Å²) >= 11 is 0.591. The van der Waals surface area contributed by atoms with Gasteiger partial charge >= 0.3 is 6.18 Å². The number of alkyl halides is 3. The van der Waals surface area contributed by atoms with Crippen LogP contribution in [0.25, 0.3) is 0 Å². The summed E-state index contributed by atoms with van der Waals surface area (Å²) in [6, 6.07) is 10.8. The molecule has 0 radical (unpaired) electrons. The minimum Gasteiger partial charge on any atom is -0.325 e. The third kappa shape index (κ3) is 6.20. The molecule has 11 heteroatoms. The minimum absolute atomic E-state index is 0.0209. The molecule has 0 bridgehead atoms. The van der Waals surface area contributed by atoms with Crippen LogP contribution in [-0.4, -0.2) is 43.6 Å². The highest BCUT2D eigenvalue weighted by Crippen LogP contribution is 2.33. The van der Waals surface area contributed by atoms with Gasteiger partial charge in [-0.05, 0) is 49.2 Å². The molecular formula is C20H20F4N2O3S2. The maximum absolute atomic E-state index is 13.1. The summed E-state index contributed by atoms with van der Waals surface area (Å²) < 4.78 is 77.2. The number of halogens is 4. The summed E-state index contributed by atoms with van der Waals surface area (Å²) in [6.07, 6.45) is -3.79. The summed E-state index contributed by atoms with van der Waals surface area (Å²) in [7, 11) is -3.79. The molecular weight excluding hydrogens is 456 g/mol. The van der Waals surface area contributed by atoms with Gasteiger partial charge in [-0.25, -0.2) is 12.8 Å². The number of anilines is 1. The van der Waals surface area contributed by atoms with E-state index in [1.165, 1.54) is 28.6 Å². The number of nitrogens with zero attached hydrogens (tertiary/aromatic N) is 1. The number of carbonyl (C=O) groups is 1. The van der Waals surface area contributed by atoms with Crippen LogP contribution in [0.15, 0.2) is 58.3 Å². The molecule has 0 saturated carbocycles. The number of amides is 1. The number of thioether (sulfide) groups is 1. The first kappa shape index (κ1) is 23.6. The lowest BCUT2D eigenvalue weighted by atomic mass is 9.97. The second-order valence-corrected chi connectivity index (χ2v) is 9.98. The van der Waals surface area contributed by atoms with E-state index in [9.17, 15) is 30.8 Å². The van der Waals surface area contributed by atoms with Crippen molar-refractivity contribution < 1.29 is 30.8 Å². The smallest absolute Gasteiger partial charge is 0.325 e. The molecule has 0 spiro atoms. The molecule has 1 amide bonds. The Balaban J connectivity index is 1.60. The number of benzene rings is 2. The number of piperidine rings is 1. The predicted molar refractivity (Wildman–Crippen MR) is 110 cm³/mol. The van der Waals surface area contributed by atoms with Crippen molar-refractivity contribution in [2.75, 3.05) is 24.2 Å². The van der Waals surface area contributed by atoms with Crippen LogP contribution < -0.4 is 5.32 Å². The zero-order valence-electron chi connectivity index (χ0n) is 16.2. The molecule has 0 atom stereocenters. The summed E-state index contributed by atoms with van der Waals surface area (Å²) in [4.78, 5) is 12.9. The van der Waals surface area contributed by atoms with Gasteiger partial charge in [-0.2, -0.15) is 17.5 Å². The molecule has 0 aromatic heterocycles. The first-order valence-corrected chi connectivity index (χ1v) is 11.8. The molecule has 1 aliphatic heterocycles. The Kier molecular flexibility index (Phi) is 7.28. The molecule has 3 rings (SSSR count). The fourth-order valence-corrected chi connectivity index (χ4v) is 5.44. The van der Waals surface area contributed by atoms with E-state index >= 15 is 0 Å². The van der Waals surface area contributed by atoms with E-state index in [2.05, 4.69) is 5.32 Å². The third-order valence-corrected chi connectivity index (χ3v) is 7.86. The Labute approximate surface area is 181 Å². The van der Waals surface area contributed by atoms with Crippen molar-refractivity contribution in [3.63, 3.8) is 0 Å². The zero-order valence-corrected chi connectivity index (χ0v) is 17.9. The lowest BCUT2D eigenvalue weighted by Gasteiger charge is -2.30. The van der Waals surface area contributed by atoms with E-state index in [0.717, 1.165) is 12.1 Å². The monoisotopic (exact) mass is 476 g/mol. The lowest BCUT2D eigenvalue weighted by Crippen LogP contribution is -2.41. The van der Waals surface area contributed by atoms with E-state index in [1.807, 2.05) is 0 Å². The van der Waals surface area contributed by atoms with Gasteiger partial charge in [-0.3, -0.25) is 4.79 Å². The fourth-order valence-electron chi connectivity index (χ4n) is 3.20. The van der Waals surface area contributed by atoms with Gasteiger partial charge in [-0.15, -0.1) is 11.8 Å². The van der Waals surface area contributed by atoms with E-state index in [-0.39, 0.29) is 36.7 Å². The number of carbonyl (C=O) groups excluding carboxylic acids is 1. The molecule has 31 heavy (non-hydrogen) atoms. The van der Waals surface area contributed by atoms with Crippen LogP contribution in [-0.2, 0) is 14.8 Å². The Hall–Kier alpha value is -2.11. The molecule has 1 aliphatic rings. The molecule has 5 nitrogen and oxygen atoms in total. The van der Waals surface area contributed by atoms with Gasteiger partial charge in [0.15, 0.2) is 0 Å². The second-order valence-electron chi connectivity index (χ2n) is 7.02. The number of para-hydroxylation sites is 1. The van der Waals surface area contributed by atoms with Crippen molar-refractivity contribution in [3.05, 3.63) is 54.3 Å². The Morgan fingerprint density at radius 1 is 1.06 bits per heavy atom. The van der Waals surface area contributed by atoms with Crippen molar-refractivity contribution in [3.8, 4) is 0 Å². The quantitative estimate of drug-likeness (QED) is 0.492. The summed E-state index contributed by atoms with van der Waals surface area (Å²) in [6.45, 7) is 0.227. The maximum Gasteiger partial charge on any atom is 0.398 e. The molecule has 2 aromatic rings. The van der Waals surface area contributed by atoms with Gasteiger partial charge in [-0.1, -0.05) is 12.1 Å². The first-order valence-electron chi connectivity index (χ1n) is 9.41. The minimum atomic E-state index is -4.33. The van der Waals surface area contributed by atoms with Crippen LogP contribution in [0.1, 0.15) is 12.8 Å². The maximum atomic E-state index is 13.1. The van der Waals surface area contributed by atoms with Crippen LogP contribution in [0.3, 0.4) is 0 Å². The number of hydrogen-bond acceptors (Lipinski definition) is 4. The van der Waals surface area contributed by atoms with E-state index < -0.39 is 33.7 Å². The molecule has 0 unspecified atom stereocenters. The van der Waals surface area contributed by atoms with Crippen LogP contribution in [0, 0.1) is 11.7 Å². The topological polar surface area (TPSA) is 66.5 Å². The fraction of sp³-hybridized carbons (Fsp3) is 0.350. The predicted octanol–water partition coefficient (Wildman–Crippen LogP) is 4.52. The molecule has 1 saturated heterocycles. The summed E-state index contributed by atoms with van der Waals surface area (Å²) in [5.41, 5.74) is 0.295. The van der Waals surface area contributed by atoms with Gasteiger partial charge in [0, 0.05) is 23.9 Å². The number of hydrogen-bond donors (Lipinski definition) is 1. The van der Waals surface area contributed by atoms with E-state index in [0.29, 0.717) is 22.3 Å². The number of sulfonamides is 1. The number of rotatable bonds is 6. The Morgan fingerprint density at radius 3 is 2.29 bits per heavy atom. The third-order valence-electron chi connectivity index (χ3n) is 4.81. The van der Waals surface area contributed by atoms with Crippen molar-refractivity contribution in [2.45, 2.75) is 28.8 Å². The van der Waals surface area contributed by atoms with E-state index in [1.54, 1.807) is 12.1 Å². The standard InChI is InChI=1S/C20H20F4N2O3S2/c21-15-5-7-16(8-6-15)31(28,29)26-11-9-14(10-12-26)19(27)25-17-3-1-2-4-18(17)30-13-20(22,23)24/h1-8,14H,9-13H2,(H,25,27). The van der Waals surface area contributed by atoms with Crippen LogP contribution in [0.2, 0.25) is 0 Å². The van der Waals surface area contributed by atoms with Gasteiger partial charge in [0.1, 0.15) is 5.82 Å². The van der Waals surface area contributed by atoms with Crippen molar-refractivity contribution in [2.24, 2.45) is 5.92 Å². The molecule has 0 aliphatic carbocycles. The van der Waals surface area contributed by atoms with Crippen LogP contribution in [0.5, 0.6) is 0 Å².